The average Bonchev–Trinajstić information content (AvgIpc) is 3.07. The summed E-state index contributed by atoms with van der Waals surface area (Å²) in [5.41, 5.74) is 2.58. The minimum Gasteiger partial charge on any atom is -0.462 e. The van der Waals surface area contributed by atoms with Gasteiger partial charge < -0.3 is 24.3 Å². The van der Waals surface area contributed by atoms with Crippen molar-refractivity contribution in [3.8, 4) is 6.01 Å². The van der Waals surface area contributed by atoms with E-state index in [4.69, 9.17) is 32.9 Å². The Balaban J connectivity index is 1.29. The molecule has 2 aliphatic heterocycles. The molecule has 260 valence electrons. The first kappa shape index (κ1) is 34.7. The molecule has 1 aromatic carbocycles. The molecular weight excluding hydrogens is 657 g/mol. The van der Waals surface area contributed by atoms with Crippen molar-refractivity contribution in [2.75, 3.05) is 56.2 Å². The fraction of sp³-hybridized carbons (Fsp3) is 0.514. The van der Waals surface area contributed by atoms with Gasteiger partial charge in [-0.25, -0.2) is 19.7 Å². The van der Waals surface area contributed by atoms with E-state index in [1.54, 1.807) is 12.4 Å². The molecule has 0 radical (unpaired) electrons. The first-order chi connectivity index (χ1) is 23.4. The van der Waals surface area contributed by atoms with Gasteiger partial charge in [-0.2, -0.15) is 9.97 Å². The number of aromatic nitrogens is 3. The van der Waals surface area contributed by atoms with E-state index < -0.39 is 23.7 Å². The lowest BCUT2D eigenvalue weighted by molar-refractivity contribution is -0.131. The van der Waals surface area contributed by atoms with Gasteiger partial charge in [-0.3, -0.25) is 14.7 Å². The van der Waals surface area contributed by atoms with Gasteiger partial charge in [0, 0.05) is 73.6 Å². The number of anilines is 2. The molecule has 3 atom stereocenters. The number of ether oxygens (including phenoxy) is 1. The maximum atomic E-state index is 13.9. The molecule has 1 aliphatic carbocycles. The number of likely N-dealkylation sites (N-methyl/N-ethyl adjacent to an activating group) is 1. The van der Waals surface area contributed by atoms with Gasteiger partial charge in [-0.15, -0.1) is 0 Å². The van der Waals surface area contributed by atoms with Gasteiger partial charge in [0.25, 0.3) is 5.91 Å². The van der Waals surface area contributed by atoms with Gasteiger partial charge in [0.2, 0.25) is 12.5 Å². The van der Waals surface area contributed by atoms with Crippen LogP contribution in [0.2, 0.25) is 5.02 Å². The van der Waals surface area contributed by atoms with Crippen LogP contribution in [0.5, 0.6) is 6.01 Å². The van der Waals surface area contributed by atoms with Crippen molar-refractivity contribution in [3.63, 3.8) is 0 Å². The second kappa shape index (κ2) is 14.0. The Labute approximate surface area is 289 Å². The van der Waals surface area contributed by atoms with Gasteiger partial charge >= 0.3 is 6.01 Å². The summed E-state index contributed by atoms with van der Waals surface area (Å²) in [6, 6.07) is 5.17. The molecule has 10 nitrogen and oxygen atoms in total. The summed E-state index contributed by atoms with van der Waals surface area (Å²) in [7, 11) is 1.92. The van der Waals surface area contributed by atoms with Crippen molar-refractivity contribution in [2.24, 2.45) is 5.92 Å². The predicted octanol–water partition coefficient (Wildman–Crippen LogP) is 5.79. The lowest BCUT2D eigenvalue weighted by atomic mass is 9.76. The fourth-order valence-electron chi connectivity index (χ4n) is 7.16. The molecule has 0 spiro atoms. The van der Waals surface area contributed by atoms with Gasteiger partial charge in [-0.1, -0.05) is 30.3 Å². The molecule has 14 heteroatoms. The summed E-state index contributed by atoms with van der Waals surface area (Å²) in [5.74, 6) is -3.87. The Morgan fingerprint density at radius 1 is 1.20 bits per heavy atom. The smallest absolute Gasteiger partial charge is 0.318 e. The van der Waals surface area contributed by atoms with E-state index in [0.717, 1.165) is 27.7 Å². The highest BCUT2D eigenvalue weighted by molar-refractivity contribution is 6.36. The number of halogens is 4. The molecule has 49 heavy (non-hydrogen) atoms. The van der Waals surface area contributed by atoms with Crippen LogP contribution in [0.4, 0.5) is 24.7 Å². The summed E-state index contributed by atoms with van der Waals surface area (Å²) in [6.45, 7) is 16.7. The Hall–Kier alpha value is -4.15. The molecule has 0 bridgehead atoms. The molecular formula is C35H40ClF3N8O2. The zero-order chi connectivity index (χ0) is 35.0. The SMILES string of the molecule is [C-]#[N+]C[C@H]1CN(c2nc(OC[C@@H](C)N(C)[C@H](C)C3CC(F)(F)C3)nc3c2CCN(c2cncc4cccc(Cl)c24)C3)CCN1C(=O)C(=C)F. The summed E-state index contributed by atoms with van der Waals surface area (Å²) in [5, 5.41) is 2.46. The topological polar surface area (TPSA) is 82.3 Å². The third-order valence-corrected chi connectivity index (χ3v) is 10.6. The predicted molar refractivity (Wildman–Crippen MR) is 183 cm³/mol. The maximum absolute atomic E-state index is 13.9. The van der Waals surface area contributed by atoms with E-state index in [-0.39, 0.29) is 63.1 Å². The summed E-state index contributed by atoms with van der Waals surface area (Å²) in [6.07, 6.45) is 3.97. The van der Waals surface area contributed by atoms with Gasteiger partial charge in [-0.05, 0) is 39.3 Å². The number of hydrogen-bond donors (Lipinski definition) is 0. The summed E-state index contributed by atoms with van der Waals surface area (Å²) in [4.78, 5) is 37.9. The highest BCUT2D eigenvalue weighted by atomic mass is 35.5. The van der Waals surface area contributed by atoms with Gasteiger partial charge in [0.05, 0.1) is 29.1 Å². The molecule has 4 heterocycles. The molecule has 1 saturated heterocycles. The molecule has 0 unspecified atom stereocenters. The minimum atomic E-state index is -2.58. The maximum Gasteiger partial charge on any atom is 0.318 e. The molecule has 3 aromatic rings. The lowest BCUT2D eigenvalue weighted by Gasteiger charge is -2.43. The molecule has 2 aromatic heterocycles. The van der Waals surface area contributed by atoms with Gasteiger partial charge in [0.1, 0.15) is 18.5 Å². The molecule has 1 saturated carbocycles. The quantitative estimate of drug-likeness (QED) is 0.195. The number of rotatable bonds is 10. The Morgan fingerprint density at radius 2 is 1.98 bits per heavy atom. The van der Waals surface area contributed by atoms with Crippen LogP contribution < -0.4 is 14.5 Å². The zero-order valence-electron chi connectivity index (χ0n) is 27.9. The largest absolute Gasteiger partial charge is 0.462 e. The van der Waals surface area contributed by atoms with Crippen LogP contribution in [0.3, 0.4) is 0 Å². The van der Waals surface area contributed by atoms with E-state index in [9.17, 15) is 18.0 Å². The average molecular weight is 697 g/mol. The summed E-state index contributed by atoms with van der Waals surface area (Å²) >= 11 is 6.67. The first-order valence-electron chi connectivity index (χ1n) is 16.5. The lowest BCUT2D eigenvalue weighted by Crippen LogP contribution is -2.57. The summed E-state index contributed by atoms with van der Waals surface area (Å²) < 4.78 is 47.3. The number of carbonyl (C=O) groups is 1. The minimum absolute atomic E-state index is 0.00370. The van der Waals surface area contributed by atoms with Crippen molar-refractivity contribution in [2.45, 2.75) is 63.7 Å². The molecule has 2 fully saturated rings. The van der Waals surface area contributed by atoms with Crippen LogP contribution in [0, 0.1) is 12.5 Å². The van der Waals surface area contributed by atoms with Crippen LogP contribution in [-0.2, 0) is 17.8 Å². The number of carbonyl (C=O) groups excluding carboxylic acids is 1. The Morgan fingerprint density at radius 3 is 2.69 bits per heavy atom. The second-order valence-electron chi connectivity index (χ2n) is 13.4. The van der Waals surface area contributed by atoms with Crippen LogP contribution in [0.25, 0.3) is 15.6 Å². The number of benzene rings is 1. The standard InChI is InChI=1S/C35H40ClF3N8O2/c1-21(44(5)23(3)25-13-35(38,39)14-25)20-49-34-42-29-19-45(30-17-41-15-24-7-6-8-28(36)31(24)30)10-9-27(29)32(43-34)46-11-12-47(33(48)22(2)37)26(18-46)16-40-4/h6-8,15,17,21,23,25-26H,2,9-14,16,18-20H2,1,3,5H3/t21-,23-,26+/m1/s1. The van der Waals surface area contributed by atoms with Crippen LogP contribution in [0.1, 0.15) is 37.9 Å². The number of piperazine rings is 1. The van der Waals surface area contributed by atoms with E-state index in [2.05, 4.69) is 26.2 Å². The number of alkyl halides is 2. The van der Waals surface area contributed by atoms with Crippen molar-refractivity contribution in [1.82, 2.24) is 24.8 Å². The van der Waals surface area contributed by atoms with E-state index in [0.29, 0.717) is 36.9 Å². The Kier molecular flexibility index (Phi) is 9.91. The first-order valence-corrected chi connectivity index (χ1v) is 16.9. The highest BCUT2D eigenvalue weighted by Gasteiger charge is 2.48. The molecule has 0 N–H and O–H groups in total. The second-order valence-corrected chi connectivity index (χ2v) is 13.8. The van der Waals surface area contributed by atoms with Crippen molar-refractivity contribution >= 4 is 39.8 Å². The third-order valence-electron chi connectivity index (χ3n) is 10.2. The molecule has 3 aliphatic rings. The van der Waals surface area contributed by atoms with Crippen molar-refractivity contribution in [1.29, 1.82) is 0 Å². The number of fused-ring (bicyclic) bond motifs is 2. The van der Waals surface area contributed by atoms with Crippen LogP contribution in [-0.4, -0.2) is 101 Å². The monoisotopic (exact) mass is 696 g/mol. The normalized spacial score (nSPS) is 20.4. The van der Waals surface area contributed by atoms with Crippen molar-refractivity contribution in [3.05, 3.63) is 70.7 Å². The zero-order valence-corrected chi connectivity index (χ0v) is 28.6. The Bertz CT molecular complexity index is 1770. The van der Waals surface area contributed by atoms with E-state index in [1.807, 2.05) is 44.0 Å². The van der Waals surface area contributed by atoms with E-state index in [1.165, 1.54) is 4.90 Å². The molecule has 6 rings (SSSR count). The van der Waals surface area contributed by atoms with Gasteiger partial charge in [0.15, 0.2) is 5.83 Å². The number of hydrogen-bond acceptors (Lipinski definition) is 8. The number of nitrogens with zero attached hydrogens (tertiary/aromatic N) is 8. The number of amides is 1. The number of pyridine rings is 1. The highest BCUT2D eigenvalue weighted by Crippen LogP contribution is 2.45. The van der Waals surface area contributed by atoms with Crippen LogP contribution in [0.15, 0.2) is 43.0 Å². The third kappa shape index (κ3) is 7.12. The van der Waals surface area contributed by atoms with E-state index >= 15 is 0 Å². The fourth-order valence-corrected chi connectivity index (χ4v) is 7.44. The van der Waals surface area contributed by atoms with Crippen molar-refractivity contribution < 1.29 is 22.7 Å². The molecule has 1 amide bonds. The van der Waals surface area contributed by atoms with Crippen LogP contribution >= 0.6 is 11.6 Å².